The second-order valence-electron chi connectivity index (χ2n) is 4.01. The SMILES string of the molecule is CN=C(NCCNS(C)(=O)=O)NCCn1cccc1. The number of hydrogen-bond donors (Lipinski definition) is 3. The fourth-order valence-corrected chi connectivity index (χ4v) is 1.93. The van der Waals surface area contributed by atoms with Crippen LogP contribution < -0.4 is 15.4 Å². The molecule has 1 rings (SSSR count). The van der Waals surface area contributed by atoms with Crippen molar-refractivity contribution in [3.8, 4) is 0 Å². The summed E-state index contributed by atoms with van der Waals surface area (Å²) in [4.78, 5) is 4.05. The molecule has 108 valence electrons. The molecular formula is C11H21N5O2S. The highest BCUT2D eigenvalue weighted by Crippen LogP contribution is 1.87. The Labute approximate surface area is 114 Å². The molecule has 1 aromatic heterocycles. The first-order valence-corrected chi connectivity index (χ1v) is 7.90. The first-order valence-electron chi connectivity index (χ1n) is 6.01. The second kappa shape index (κ2) is 7.80. The number of nitrogens with zero attached hydrogens (tertiary/aromatic N) is 2. The monoisotopic (exact) mass is 287 g/mol. The molecule has 0 amide bonds. The van der Waals surface area contributed by atoms with Gasteiger partial charge in [0.1, 0.15) is 0 Å². The number of nitrogens with one attached hydrogen (secondary N) is 3. The van der Waals surface area contributed by atoms with Crippen LogP contribution in [0.15, 0.2) is 29.5 Å². The number of aromatic nitrogens is 1. The summed E-state index contributed by atoms with van der Waals surface area (Å²) in [7, 11) is -1.45. The van der Waals surface area contributed by atoms with Crippen molar-refractivity contribution >= 4 is 16.0 Å². The van der Waals surface area contributed by atoms with Gasteiger partial charge in [-0.15, -0.1) is 0 Å². The van der Waals surface area contributed by atoms with Crippen molar-refractivity contribution in [2.75, 3.05) is 32.9 Å². The van der Waals surface area contributed by atoms with Gasteiger partial charge in [0.15, 0.2) is 5.96 Å². The molecule has 8 heteroatoms. The topological polar surface area (TPSA) is 87.5 Å². The van der Waals surface area contributed by atoms with Crippen LogP contribution >= 0.6 is 0 Å². The van der Waals surface area contributed by atoms with Crippen molar-refractivity contribution < 1.29 is 8.42 Å². The van der Waals surface area contributed by atoms with E-state index in [-0.39, 0.29) is 0 Å². The molecule has 0 radical (unpaired) electrons. The Balaban J connectivity index is 2.16. The van der Waals surface area contributed by atoms with Gasteiger partial charge in [-0.1, -0.05) is 0 Å². The molecule has 0 fully saturated rings. The van der Waals surface area contributed by atoms with Crippen LogP contribution in [-0.4, -0.2) is 51.9 Å². The molecular weight excluding hydrogens is 266 g/mol. The van der Waals surface area contributed by atoms with Gasteiger partial charge in [-0.3, -0.25) is 4.99 Å². The van der Waals surface area contributed by atoms with E-state index in [0.717, 1.165) is 19.3 Å². The predicted octanol–water partition coefficient (Wildman–Crippen LogP) is -0.798. The van der Waals surface area contributed by atoms with E-state index in [0.29, 0.717) is 19.0 Å². The van der Waals surface area contributed by atoms with Crippen molar-refractivity contribution in [1.29, 1.82) is 0 Å². The molecule has 0 aliphatic rings. The van der Waals surface area contributed by atoms with Crippen LogP contribution in [0.2, 0.25) is 0 Å². The third-order valence-corrected chi connectivity index (χ3v) is 3.06. The zero-order chi connectivity index (χ0) is 14.1. The molecule has 0 saturated carbocycles. The summed E-state index contributed by atoms with van der Waals surface area (Å²) in [5, 5.41) is 6.17. The van der Waals surface area contributed by atoms with E-state index in [1.54, 1.807) is 7.05 Å². The van der Waals surface area contributed by atoms with Crippen molar-refractivity contribution in [3.63, 3.8) is 0 Å². The normalized spacial score (nSPS) is 12.4. The Morgan fingerprint density at radius 3 is 2.37 bits per heavy atom. The molecule has 1 aromatic rings. The van der Waals surface area contributed by atoms with Crippen molar-refractivity contribution in [3.05, 3.63) is 24.5 Å². The fraction of sp³-hybridized carbons (Fsp3) is 0.545. The molecule has 0 saturated heterocycles. The van der Waals surface area contributed by atoms with Gasteiger partial charge < -0.3 is 15.2 Å². The molecule has 0 unspecified atom stereocenters. The molecule has 0 atom stereocenters. The molecule has 1 heterocycles. The molecule has 0 aliphatic heterocycles. The first kappa shape index (κ1) is 15.5. The number of aliphatic imine (C=N–C) groups is 1. The lowest BCUT2D eigenvalue weighted by Gasteiger charge is -2.12. The van der Waals surface area contributed by atoms with E-state index in [2.05, 4.69) is 24.9 Å². The van der Waals surface area contributed by atoms with E-state index >= 15 is 0 Å². The van der Waals surface area contributed by atoms with Crippen LogP contribution in [0.4, 0.5) is 0 Å². The van der Waals surface area contributed by atoms with Crippen LogP contribution in [-0.2, 0) is 16.6 Å². The minimum atomic E-state index is -3.13. The van der Waals surface area contributed by atoms with Gasteiger partial charge in [0.25, 0.3) is 0 Å². The molecule has 0 aromatic carbocycles. The Hall–Kier alpha value is -1.54. The summed E-state index contributed by atoms with van der Waals surface area (Å²) >= 11 is 0. The minimum Gasteiger partial charge on any atom is -0.355 e. The Kier molecular flexibility index (Phi) is 6.37. The van der Waals surface area contributed by atoms with Gasteiger partial charge in [0.2, 0.25) is 10.0 Å². The van der Waals surface area contributed by atoms with E-state index < -0.39 is 10.0 Å². The average Bonchev–Trinajstić information content (AvgIpc) is 2.84. The summed E-state index contributed by atoms with van der Waals surface area (Å²) in [6.07, 6.45) is 5.12. The summed E-state index contributed by atoms with van der Waals surface area (Å²) < 4.78 is 26.2. The van der Waals surface area contributed by atoms with Gasteiger partial charge in [-0.05, 0) is 12.1 Å². The lowest BCUT2D eigenvalue weighted by atomic mass is 10.6. The van der Waals surface area contributed by atoms with Crippen LogP contribution in [0.3, 0.4) is 0 Å². The zero-order valence-corrected chi connectivity index (χ0v) is 12.1. The van der Waals surface area contributed by atoms with Gasteiger partial charge >= 0.3 is 0 Å². The maximum atomic E-state index is 10.9. The Morgan fingerprint density at radius 2 is 1.79 bits per heavy atom. The maximum absolute atomic E-state index is 10.9. The van der Waals surface area contributed by atoms with Crippen molar-refractivity contribution in [2.24, 2.45) is 4.99 Å². The molecule has 0 bridgehead atoms. The lowest BCUT2D eigenvalue weighted by Crippen LogP contribution is -2.42. The fourth-order valence-electron chi connectivity index (χ4n) is 1.46. The van der Waals surface area contributed by atoms with Gasteiger partial charge in [-0.25, -0.2) is 13.1 Å². The first-order chi connectivity index (χ1) is 9.01. The third kappa shape index (κ3) is 7.47. The third-order valence-electron chi connectivity index (χ3n) is 2.33. The molecule has 3 N–H and O–H groups in total. The van der Waals surface area contributed by atoms with E-state index in [4.69, 9.17) is 0 Å². The molecule has 0 spiro atoms. The quantitative estimate of drug-likeness (QED) is 0.348. The highest BCUT2D eigenvalue weighted by Gasteiger charge is 2.00. The largest absolute Gasteiger partial charge is 0.355 e. The van der Waals surface area contributed by atoms with Crippen LogP contribution in [0, 0.1) is 0 Å². The Morgan fingerprint density at radius 1 is 1.16 bits per heavy atom. The molecule has 7 nitrogen and oxygen atoms in total. The van der Waals surface area contributed by atoms with E-state index in [1.807, 2.05) is 24.5 Å². The minimum absolute atomic E-state index is 0.330. The maximum Gasteiger partial charge on any atom is 0.208 e. The molecule has 19 heavy (non-hydrogen) atoms. The van der Waals surface area contributed by atoms with Crippen molar-refractivity contribution in [1.82, 2.24) is 19.9 Å². The Bertz CT molecular complexity index is 481. The van der Waals surface area contributed by atoms with Gasteiger partial charge in [0.05, 0.1) is 6.26 Å². The van der Waals surface area contributed by atoms with Crippen LogP contribution in [0.25, 0.3) is 0 Å². The molecule has 0 aliphatic carbocycles. The summed E-state index contributed by atoms with van der Waals surface area (Å²) in [5.74, 6) is 0.655. The number of sulfonamides is 1. The zero-order valence-electron chi connectivity index (χ0n) is 11.3. The van der Waals surface area contributed by atoms with Gasteiger partial charge in [-0.2, -0.15) is 0 Å². The summed E-state index contributed by atoms with van der Waals surface area (Å²) in [5.41, 5.74) is 0. The smallest absolute Gasteiger partial charge is 0.208 e. The highest BCUT2D eigenvalue weighted by atomic mass is 32.2. The second-order valence-corrected chi connectivity index (χ2v) is 5.85. The lowest BCUT2D eigenvalue weighted by molar-refractivity contribution is 0.586. The number of guanidine groups is 1. The average molecular weight is 287 g/mol. The summed E-state index contributed by atoms with van der Waals surface area (Å²) in [6, 6.07) is 3.95. The number of rotatable bonds is 7. The van der Waals surface area contributed by atoms with E-state index in [1.165, 1.54) is 0 Å². The van der Waals surface area contributed by atoms with Crippen molar-refractivity contribution in [2.45, 2.75) is 6.54 Å². The number of hydrogen-bond acceptors (Lipinski definition) is 3. The van der Waals surface area contributed by atoms with Gasteiger partial charge in [0, 0.05) is 45.6 Å². The van der Waals surface area contributed by atoms with E-state index in [9.17, 15) is 8.42 Å². The predicted molar refractivity (Wildman–Crippen MR) is 76.6 cm³/mol. The summed E-state index contributed by atoms with van der Waals surface area (Å²) in [6.45, 7) is 2.40. The standard InChI is InChI=1S/C11H21N5O2S/c1-12-11(13-5-6-15-19(2,17)18)14-7-10-16-8-3-4-9-16/h3-4,8-9,15H,5-7,10H2,1-2H3,(H2,12,13,14). The van der Waals surface area contributed by atoms with Crippen LogP contribution in [0.1, 0.15) is 0 Å². The van der Waals surface area contributed by atoms with Crippen LogP contribution in [0.5, 0.6) is 0 Å². The highest BCUT2D eigenvalue weighted by molar-refractivity contribution is 7.88.